The van der Waals surface area contributed by atoms with E-state index >= 15 is 0 Å². The lowest BCUT2D eigenvalue weighted by atomic mass is 10.1. The summed E-state index contributed by atoms with van der Waals surface area (Å²) in [7, 11) is 0. The molecular weight excluding hydrogens is 286 g/mol. The summed E-state index contributed by atoms with van der Waals surface area (Å²) in [5, 5.41) is 3.71. The zero-order chi connectivity index (χ0) is 15.5. The number of hydrogen-bond acceptors (Lipinski definition) is 1. The third-order valence-electron chi connectivity index (χ3n) is 3.50. The summed E-state index contributed by atoms with van der Waals surface area (Å²) < 4.78 is 25.9. The highest BCUT2D eigenvalue weighted by molar-refractivity contribution is 5.88. The smallest absolute Gasteiger partial charge is 0.224 e. The fourth-order valence-corrected chi connectivity index (χ4v) is 2.36. The topological polar surface area (TPSA) is 44.9 Å². The summed E-state index contributed by atoms with van der Waals surface area (Å²) in [5.74, 6) is -1.98. The summed E-state index contributed by atoms with van der Waals surface area (Å²) in [6.07, 6.45) is 2.04. The number of para-hydroxylation sites is 1. The highest BCUT2D eigenvalue weighted by Gasteiger charge is 2.09. The van der Waals surface area contributed by atoms with Gasteiger partial charge in [-0.2, -0.15) is 0 Å². The van der Waals surface area contributed by atoms with Crippen molar-refractivity contribution in [3.05, 3.63) is 71.4 Å². The number of carbonyl (C=O) groups excluding carboxylic acids is 1. The van der Waals surface area contributed by atoms with Crippen LogP contribution < -0.4 is 5.32 Å². The van der Waals surface area contributed by atoms with Crippen LogP contribution in [0.25, 0.3) is 10.9 Å². The number of H-pyrrole nitrogens is 1. The second kappa shape index (κ2) is 5.97. The Labute approximate surface area is 126 Å². The maximum Gasteiger partial charge on any atom is 0.224 e. The highest BCUT2D eigenvalue weighted by Crippen LogP contribution is 2.18. The number of fused-ring (bicyclic) bond motifs is 1. The maximum absolute atomic E-state index is 13.1. The molecule has 3 nitrogen and oxygen atoms in total. The van der Waals surface area contributed by atoms with Crippen molar-refractivity contribution in [2.75, 3.05) is 0 Å². The number of nitrogens with one attached hydrogen (secondary N) is 2. The van der Waals surface area contributed by atoms with E-state index in [4.69, 9.17) is 0 Å². The Balaban J connectivity index is 1.64. The van der Waals surface area contributed by atoms with Crippen LogP contribution in [0.5, 0.6) is 0 Å². The third-order valence-corrected chi connectivity index (χ3v) is 3.50. The first-order valence-corrected chi connectivity index (χ1v) is 6.89. The molecule has 1 heterocycles. The van der Waals surface area contributed by atoms with Crippen molar-refractivity contribution in [2.45, 2.75) is 13.0 Å². The minimum atomic E-state index is -0.914. The summed E-state index contributed by atoms with van der Waals surface area (Å²) in [5.41, 5.74) is 2.40. The van der Waals surface area contributed by atoms with E-state index in [1.807, 2.05) is 30.5 Å². The van der Waals surface area contributed by atoms with Gasteiger partial charge in [0.05, 0.1) is 6.42 Å². The van der Waals surface area contributed by atoms with Crippen molar-refractivity contribution in [3.8, 4) is 0 Å². The monoisotopic (exact) mass is 300 g/mol. The Bertz CT molecular complexity index is 826. The zero-order valence-corrected chi connectivity index (χ0v) is 11.7. The average molecular weight is 300 g/mol. The lowest BCUT2D eigenvalue weighted by Crippen LogP contribution is -2.24. The standard InChI is InChI=1S/C17H14F2N2O/c18-14-6-5-11(7-15(14)19)9-21-17(22)8-12-10-20-16-4-2-1-3-13(12)16/h1-7,10,20H,8-9H2,(H,21,22). The third kappa shape index (κ3) is 2.98. The largest absolute Gasteiger partial charge is 0.361 e. The predicted octanol–water partition coefficient (Wildman–Crippen LogP) is 3.31. The molecule has 0 aliphatic carbocycles. The van der Waals surface area contributed by atoms with Crippen LogP contribution in [0, 0.1) is 11.6 Å². The fraction of sp³-hybridized carbons (Fsp3) is 0.118. The molecule has 0 saturated heterocycles. The van der Waals surface area contributed by atoms with Gasteiger partial charge in [-0.3, -0.25) is 4.79 Å². The summed E-state index contributed by atoms with van der Waals surface area (Å²) in [6, 6.07) is 11.3. The average Bonchev–Trinajstić information content (AvgIpc) is 2.92. The van der Waals surface area contributed by atoms with Crippen LogP contribution in [0.4, 0.5) is 8.78 Å². The molecule has 2 aromatic carbocycles. The van der Waals surface area contributed by atoms with Crippen LogP contribution in [-0.4, -0.2) is 10.9 Å². The molecule has 0 saturated carbocycles. The first kappa shape index (κ1) is 14.3. The van der Waals surface area contributed by atoms with E-state index in [2.05, 4.69) is 10.3 Å². The van der Waals surface area contributed by atoms with Crippen LogP contribution in [0.15, 0.2) is 48.7 Å². The number of halogens is 2. The van der Waals surface area contributed by atoms with Gasteiger partial charge in [-0.1, -0.05) is 24.3 Å². The number of aromatic nitrogens is 1. The molecule has 0 spiro atoms. The predicted molar refractivity (Wildman–Crippen MR) is 80.2 cm³/mol. The van der Waals surface area contributed by atoms with Gasteiger partial charge >= 0.3 is 0 Å². The van der Waals surface area contributed by atoms with Crippen molar-refractivity contribution < 1.29 is 13.6 Å². The number of rotatable bonds is 4. The Morgan fingerprint density at radius 1 is 1.09 bits per heavy atom. The molecule has 0 aliphatic heterocycles. The van der Waals surface area contributed by atoms with Gasteiger partial charge in [-0.05, 0) is 29.3 Å². The van der Waals surface area contributed by atoms with Crippen molar-refractivity contribution >= 4 is 16.8 Å². The van der Waals surface area contributed by atoms with Crippen molar-refractivity contribution in [1.29, 1.82) is 0 Å². The fourth-order valence-electron chi connectivity index (χ4n) is 2.36. The van der Waals surface area contributed by atoms with Gasteiger partial charge in [0.25, 0.3) is 0 Å². The molecule has 5 heteroatoms. The minimum Gasteiger partial charge on any atom is -0.361 e. The molecule has 1 aromatic heterocycles. The Morgan fingerprint density at radius 2 is 1.91 bits per heavy atom. The second-order valence-electron chi connectivity index (χ2n) is 5.06. The van der Waals surface area contributed by atoms with Crippen molar-refractivity contribution in [3.63, 3.8) is 0 Å². The lowest BCUT2D eigenvalue weighted by Gasteiger charge is -2.05. The van der Waals surface area contributed by atoms with Gasteiger partial charge in [0, 0.05) is 23.6 Å². The molecule has 3 rings (SSSR count). The van der Waals surface area contributed by atoms with Crippen LogP contribution in [0.3, 0.4) is 0 Å². The molecule has 0 radical (unpaired) electrons. The number of carbonyl (C=O) groups is 1. The van der Waals surface area contributed by atoms with Crippen LogP contribution in [0.2, 0.25) is 0 Å². The van der Waals surface area contributed by atoms with Gasteiger partial charge in [0.1, 0.15) is 0 Å². The number of benzene rings is 2. The van der Waals surface area contributed by atoms with E-state index in [1.165, 1.54) is 6.07 Å². The molecule has 0 bridgehead atoms. The first-order valence-electron chi connectivity index (χ1n) is 6.89. The Hall–Kier alpha value is -2.69. The van der Waals surface area contributed by atoms with Crippen LogP contribution in [-0.2, 0) is 17.8 Å². The molecule has 0 atom stereocenters. The van der Waals surface area contributed by atoms with E-state index < -0.39 is 11.6 Å². The molecule has 0 aliphatic rings. The highest BCUT2D eigenvalue weighted by atomic mass is 19.2. The van der Waals surface area contributed by atoms with Gasteiger partial charge < -0.3 is 10.3 Å². The Morgan fingerprint density at radius 3 is 2.73 bits per heavy atom. The van der Waals surface area contributed by atoms with E-state index in [0.717, 1.165) is 28.6 Å². The van der Waals surface area contributed by atoms with E-state index in [-0.39, 0.29) is 18.9 Å². The molecule has 3 aromatic rings. The van der Waals surface area contributed by atoms with Gasteiger partial charge in [0.2, 0.25) is 5.91 Å². The minimum absolute atomic E-state index is 0.165. The maximum atomic E-state index is 13.1. The van der Waals surface area contributed by atoms with Gasteiger partial charge in [0.15, 0.2) is 11.6 Å². The normalized spacial score (nSPS) is 10.8. The van der Waals surface area contributed by atoms with Gasteiger partial charge in [-0.15, -0.1) is 0 Å². The molecular formula is C17H14F2N2O. The molecule has 2 N–H and O–H groups in total. The van der Waals surface area contributed by atoms with Crippen molar-refractivity contribution in [2.24, 2.45) is 0 Å². The van der Waals surface area contributed by atoms with Crippen molar-refractivity contribution in [1.82, 2.24) is 10.3 Å². The summed E-state index contributed by atoms with van der Waals surface area (Å²) in [4.78, 5) is 15.1. The first-order chi connectivity index (χ1) is 10.6. The zero-order valence-electron chi connectivity index (χ0n) is 11.7. The van der Waals surface area contributed by atoms with E-state index in [9.17, 15) is 13.6 Å². The number of amides is 1. The number of hydrogen-bond donors (Lipinski definition) is 2. The summed E-state index contributed by atoms with van der Waals surface area (Å²) >= 11 is 0. The lowest BCUT2D eigenvalue weighted by molar-refractivity contribution is -0.120. The quantitative estimate of drug-likeness (QED) is 0.763. The second-order valence-corrected chi connectivity index (χ2v) is 5.06. The molecule has 112 valence electrons. The number of aromatic amines is 1. The molecule has 0 fully saturated rings. The van der Waals surface area contributed by atoms with E-state index in [0.29, 0.717) is 5.56 Å². The summed E-state index contributed by atoms with van der Waals surface area (Å²) in [6.45, 7) is 0.165. The van der Waals surface area contributed by atoms with Crippen LogP contribution in [0.1, 0.15) is 11.1 Å². The SMILES string of the molecule is O=C(Cc1c[nH]c2ccccc12)NCc1ccc(F)c(F)c1. The van der Waals surface area contributed by atoms with Crippen LogP contribution >= 0.6 is 0 Å². The molecule has 1 amide bonds. The molecule has 22 heavy (non-hydrogen) atoms. The Kier molecular flexibility index (Phi) is 3.87. The van der Waals surface area contributed by atoms with Gasteiger partial charge in [-0.25, -0.2) is 8.78 Å². The molecule has 0 unspecified atom stereocenters. The van der Waals surface area contributed by atoms with E-state index in [1.54, 1.807) is 0 Å².